The molecule has 302 valence electrons. The summed E-state index contributed by atoms with van der Waals surface area (Å²) >= 11 is 0. The Labute approximate surface area is 347 Å². The summed E-state index contributed by atoms with van der Waals surface area (Å²) in [7, 11) is 0. The van der Waals surface area contributed by atoms with Crippen molar-refractivity contribution >= 4 is 11.1 Å². The number of rotatable bonds is 6. The number of ether oxygens (including phenoxy) is 2. The Balaban J connectivity index is 0.000000214. The van der Waals surface area contributed by atoms with E-state index in [2.05, 4.69) is 151 Å². The number of hydrogen-bond donors (Lipinski definition) is 2. The van der Waals surface area contributed by atoms with E-state index in [-0.39, 0.29) is 37.7 Å². The molecule has 0 heterocycles. The molecule has 4 nitrogen and oxygen atoms in total. The van der Waals surface area contributed by atoms with Crippen molar-refractivity contribution in [2.45, 2.75) is 105 Å². The van der Waals surface area contributed by atoms with Crippen LogP contribution in [0.3, 0.4) is 0 Å². The van der Waals surface area contributed by atoms with Crippen molar-refractivity contribution in [2.75, 3.05) is 0 Å². The summed E-state index contributed by atoms with van der Waals surface area (Å²) in [5.41, 5.74) is 12.5. The first kappa shape index (κ1) is 43.4. The summed E-state index contributed by atoms with van der Waals surface area (Å²) in [6.07, 6.45) is 4.11. The maximum Gasteiger partial charge on any atom is 0.120 e. The zero-order valence-electron chi connectivity index (χ0n) is 33.6. The van der Waals surface area contributed by atoms with Gasteiger partial charge in [-0.1, -0.05) is 112 Å². The number of hydrogen-bond acceptors (Lipinski definition) is 4. The van der Waals surface area contributed by atoms with Crippen LogP contribution in [0.15, 0.2) is 146 Å². The predicted octanol–water partition coefficient (Wildman–Crippen LogP) is 14.2. The van der Waals surface area contributed by atoms with Crippen LogP contribution in [0.2, 0.25) is 0 Å². The zero-order valence-corrected chi connectivity index (χ0v) is 33.6. The highest BCUT2D eigenvalue weighted by Crippen LogP contribution is 2.47. The van der Waals surface area contributed by atoms with Gasteiger partial charge < -0.3 is 19.7 Å². The number of aromatic hydroxyl groups is 2. The van der Waals surface area contributed by atoms with Gasteiger partial charge in [0.05, 0.1) is 0 Å². The van der Waals surface area contributed by atoms with Crippen LogP contribution < -0.4 is 9.47 Å². The molecule has 0 spiro atoms. The quantitative estimate of drug-likeness (QED) is 0.177. The van der Waals surface area contributed by atoms with Gasteiger partial charge in [-0.05, 0) is 177 Å². The summed E-state index contributed by atoms with van der Waals surface area (Å²) in [6, 6.07) is 49.6. The predicted molar refractivity (Wildman–Crippen MR) is 243 cm³/mol. The first-order valence-corrected chi connectivity index (χ1v) is 19.9. The van der Waals surface area contributed by atoms with Gasteiger partial charge in [-0.25, -0.2) is 0 Å². The number of fused-ring (bicyclic) bond motifs is 2. The highest BCUT2D eigenvalue weighted by molar-refractivity contribution is 6.00. The second kappa shape index (κ2) is 18.2. The average Bonchev–Trinajstić information content (AvgIpc) is 3.17. The molecule has 2 N–H and O–H groups in total. The molecular formula is C54H62O4. The Morgan fingerprint density at radius 3 is 1.62 bits per heavy atom. The standard InChI is InChI=1S/C26H28O2.C26H26O2.2CH4/c2*1-26(2,3)28-22-14-16-24-20(17-22)11-15-23(18-7-5-4-6-8-18)25(24)19-9-12-21(27)13-10-19;;/h4-10,12-14,16-17,23,25,27H,11,15H2,1-3H3;4-10,12-14,16-17,27H,11,15H2,1-3H3;2*1H4/t23-,25+;;;/m1.../s1. The molecule has 0 saturated carbocycles. The Morgan fingerprint density at radius 1 is 0.500 bits per heavy atom. The van der Waals surface area contributed by atoms with Gasteiger partial charge in [-0.3, -0.25) is 0 Å². The van der Waals surface area contributed by atoms with Crippen molar-refractivity contribution in [2.24, 2.45) is 0 Å². The van der Waals surface area contributed by atoms with Gasteiger partial charge in [0.2, 0.25) is 0 Å². The van der Waals surface area contributed by atoms with Gasteiger partial charge in [0.1, 0.15) is 34.2 Å². The maximum atomic E-state index is 9.76. The number of allylic oxidation sites excluding steroid dienone is 1. The van der Waals surface area contributed by atoms with Crippen LogP contribution in [0, 0.1) is 0 Å². The highest BCUT2D eigenvalue weighted by atomic mass is 16.5. The second-order valence-corrected chi connectivity index (χ2v) is 17.0. The second-order valence-electron chi connectivity index (χ2n) is 17.0. The lowest BCUT2D eigenvalue weighted by Gasteiger charge is -2.35. The Bertz CT molecular complexity index is 2270. The third kappa shape index (κ3) is 10.4. The van der Waals surface area contributed by atoms with Crippen LogP contribution in [0.4, 0.5) is 0 Å². The fourth-order valence-electron chi connectivity index (χ4n) is 8.24. The first-order chi connectivity index (χ1) is 26.8. The van der Waals surface area contributed by atoms with E-state index in [9.17, 15) is 10.2 Å². The third-order valence-corrected chi connectivity index (χ3v) is 10.5. The lowest BCUT2D eigenvalue weighted by atomic mass is 9.69. The highest BCUT2D eigenvalue weighted by Gasteiger charge is 2.32. The fraction of sp³-hybridized carbons (Fsp3) is 0.296. The van der Waals surface area contributed by atoms with Gasteiger partial charge in [0.15, 0.2) is 0 Å². The summed E-state index contributed by atoms with van der Waals surface area (Å²) in [5, 5.41) is 19.5. The molecule has 0 bridgehead atoms. The van der Waals surface area contributed by atoms with Gasteiger partial charge in [-0.2, -0.15) is 0 Å². The summed E-state index contributed by atoms with van der Waals surface area (Å²) < 4.78 is 12.2. The van der Waals surface area contributed by atoms with Crippen molar-refractivity contribution in [1.29, 1.82) is 0 Å². The normalized spacial score (nSPS) is 16.0. The molecule has 0 unspecified atom stereocenters. The van der Waals surface area contributed by atoms with E-state index < -0.39 is 0 Å². The molecule has 2 aliphatic rings. The lowest BCUT2D eigenvalue weighted by Crippen LogP contribution is -2.24. The Kier molecular flexibility index (Phi) is 13.6. The first-order valence-electron chi connectivity index (χ1n) is 19.9. The molecule has 8 rings (SSSR count). The van der Waals surface area contributed by atoms with E-state index in [1.807, 2.05) is 12.1 Å². The molecule has 0 saturated heterocycles. The minimum absolute atomic E-state index is 0. The fourth-order valence-corrected chi connectivity index (χ4v) is 8.24. The minimum Gasteiger partial charge on any atom is -0.508 e. The SMILES string of the molecule is C.C.CC(C)(C)Oc1ccc2c(c1)CCC(c1ccccc1)=C2c1ccc(O)cc1.CC(C)(C)Oc1ccc2c(c1)CC[C@H](c1ccccc1)[C@@H]2c1ccc(O)cc1. The molecular weight excluding hydrogens is 713 g/mol. The summed E-state index contributed by atoms with van der Waals surface area (Å²) in [4.78, 5) is 0. The molecule has 6 aromatic rings. The Morgan fingerprint density at radius 2 is 1.03 bits per heavy atom. The van der Waals surface area contributed by atoms with Gasteiger partial charge in [0, 0.05) is 5.92 Å². The van der Waals surface area contributed by atoms with Crippen molar-refractivity contribution in [3.8, 4) is 23.0 Å². The molecule has 6 aromatic carbocycles. The van der Waals surface area contributed by atoms with Crippen molar-refractivity contribution in [3.63, 3.8) is 0 Å². The average molecular weight is 775 g/mol. The topological polar surface area (TPSA) is 58.9 Å². The van der Waals surface area contributed by atoms with Crippen LogP contribution in [-0.4, -0.2) is 21.4 Å². The third-order valence-electron chi connectivity index (χ3n) is 10.5. The van der Waals surface area contributed by atoms with Gasteiger partial charge in [-0.15, -0.1) is 0 Å². The van der Waals surface area contributed by atoms with Crippen LogP contribution in [-0.2, 0) is 12.8 Å². The van der Waals surface area contributed by atoms with Crippen LogP contribution in [0.25, 0.3) is 11.1 Å². The Hall–Kier alpha value is -5.74. The van der Waals surface area contributed by atoms with E-state index in [1.165, 1.54) is 50.1 Å². The minimum atomic E-state index is -0.215. The monoisotopic (exact) mass is 774 g/mol. The summed E-state index contributed by atoms with van der Waals surface area (Å²) in [5.74, 6) is 3.15. The molecule has 0 aliphatic heterocycles. The van der Waals surface area contributed by atoms with Gasteiger partial charge >= 0.3 is 0 Å². The molecule has 0 fully saturated rings. The zero-order chi connectivity index (χ0) is 39.5. The smallest absolute Gasteiger partial charge is 0.120 e. The molecule has 4 heteroatoms. The van der Waals surface area contributed by atoms with E-state index in [4.69, 9.17) is 9.47 Å². The number of phenols is 2. The maximum absolute atomic E-state index is 9.76. The molecule has 0 amide bonds. The van der Waals surface area contributed by atoms with E-state index >= 15 is 0 Å². The molecule has 0 aromatic heterocycles. The number of benzene rings is 6. The molecule has 2 atom stereocenters. The van der Waals surface area contributed by atoms with Crippen molar-refractivity contribution in [3.05, 3.63) is 190 Å². The molecule has 0 radical (unpaired) electrons. The summed E-state index contributed by atoms with van der Waals surface area (Å²) in [6.45, 7) is 12.5. The number of phenolic OH excluding ortho intramolecular Hbond substituents is 2. The number of aryl methyl sites for hydroxylation is 2. The lowest BCUT2D eigenvalue weighted by molar-refractivity contribution is 0.130. The van der Waals surface area contributed by atoms with Crippen LogP contribution >= 0.6 is 0 Å². The van der Waals surface area contributed by atoms with Crippen molar-refractivity contribution in [1.82, 2.24) is 0 Å². The molecule has 58 heavy (non-hydrogen) atoms. The van der Waals surface area contributed by atoms with E-state index in [0.717, 1.165) is 42.7 Å². The van der Waals surface area contributed by atoms with Crippen molar-refractivity contribution < 1.29 is 19.7 Å². The van der Waals surface area contributed by atoms with Gasteiger partial charge in [0.25, 0.3) is 0 Å². The van der Waals surface area contributed by atoms with E-state index in [0.29, 0.717) is 11.7 Å². The molecule has 2 aliphatic carbocycles. The van der Waals surface area contributed by atoms with E-state index in [1.54, 1.807) is 24.3 Å². The largest absolute Gasteiger partial charge is 0.508 e. The van der Waals surface area contributed by atoms with Crippen LogP contribution in [0.5, 0.6) is 23.0 Å². The van der Waals surface area contributed by atoms with Crippen LogP contribution in [0.1, 0.15) is 126 Å².